The molecule has 1 N–H and O–H groups in total. The van der Waals surface area contributed by atoms with E-state index in [4.69, 9.17) is 0 Å². The predicted molar refractivity (Wildman–Crippen MR) is 106 cm³/mol. The number of aryl methyl sites for hydroxylation is 1. The van der Waals surface area contributed by atoms with Gasteiger partial charge in [0.25, 0.3) is 5.56 Å². The Labute approximate surface area is 164 Å². The van der Waals surface area contributed by atoms with E-state index in [1.807, 2.05) is 27.5 Å². The van der Waals surface area contributed by atoms with Gasteiger partial charge < -0.3 is 10.2 Å². The lowest BCUT2D eigenvalue weighted by molar-refractivity contribution is -0.115. The maximum atomic E-state index is 13.7. The molecule has 146 valence electrons. The van der Waals surface area contributed by atoms with Crippen molar-refractivity contribution in [2.75, 3.05) is 16.8 Å². The lowest BCUT2D eigenvalue weighted by atomic mass is 10.2. The average Bonchev–Trinajstić information content (AvgIpc) is 3.06. The maximum absolute atomic E-state index is 13.7. The molecule has 0 aliphatic carbocycles. The molecule has 2 aromatic heterocycles. The monoisotopic (exact) mass is 392 g/mol. The van der Waals surface area contributed by atoms with Gasteiger partial charge >= 0.3 is 0 Å². The number of amides is 1. The van der Waals surface area contributed by atoms with Gasteiger partial charge in [-0.2, -0.15) is 0 Å². The fourth-order valence-electron chi connectivity index (χ4n) is 3.78. The fraction of sp³-hybridized carbons (Fsp3) is 0.200. The summed E-state index contributed by atoms with van der Waals surface area (Å²) in [4.78, 5) is 26.6. The van der Waals surface area contributed by atoms with Gasteiger partial charge in [-0.1, -0.05) is 12.1 Å². The van der Waals surface area contributed by atoms with Gasteiger partial charge in [-0.3, -0.25) is 18.6 Å². The van der Waals surface area contributed by atoms with Crippen molar-refractivity contribution in [3.63, 3.8) is 0 Å². The van der Waals surface area contributed by atoms with E-state index in [9.17, 15) is 14.0 Å². The van der Waals surface area contributed by atoms with Crippen molar-refractivity contribution in [2.45, 2.75) is 13.0 Å². The van der Waals surface area contributed by atoms with Crippen LogP contribution in [-0.2, 0) is 18.4 Å². The van der Waals surface area contributed by atoms with Crippen LogP contribution >= 0.6 is 0 Å². The van der Waals surface area contributed by atoms with Crippen molar-refractivity contribution in [1.29, 1.82) is 0 Å². The molecule has 0 atom stereocenters. The molecule has 0 unspecified atom stereocenters. The van der Waals surface area contributed by atoms with Crippen molar-refractivity contribution in [3.8, 4) is 0 Å². The number of rotatable bonds is 2. The van der Waals surface area contributed by atoms with Crippen molar-refractivity contribution >= 4 is 34.0 Å². The number of nitrogens with zero attached hydrogens (tertiary/aromatic N) is 5. The molecule has 0 spiro atoms. The zero-order valence-electron chi connectivity index (χ0n) is 15.6. The standard InChI is InChI=1S/C20H17FN6O2/c1-25-19(29)13-4-2-3-5-15(13)27-17(23-24-20(25)27)11-26-9-8-18(28)22-14-10-12(21)6-7-16(14)26/h2-7,10H,8-9,11H2,1H3,(H,22,28). The van der Waals surface area contributed by atoms with Crippen molar-refractivity contribution in [1.82, 2.24) is 19.2 Å². The Balaban J connectivity index is 1.67. The molecule has 1 amide bonds. The SMILES string of the molecule is Cn1c(=O)c2ccccc2n2c(CN3CCC(=O)Nc4cc(F)ccc43)nnc12. The first-order valence-corrected chi connectivity index (χ1v) is 9.19. The van der Waals surface area contributed by atoms with Gasteiger partial charge in [-0.05, 0) is 30.3 Å². The summed E-state index contributed by atoms with van der Waals surface area (Å²) < 4.78 is 17.0. The molecule has 0 saturated carbocycles. The highest BCUT2D eigenvalue weighted by molar-refractivity contribution is 5.96. The molecule has 1 aliphatic heterocycles. The molecule has 3 heterocycles. The van der Waals surface area contributed by atoms with Crippen LogP contribution < -0.4 is 15.8 Å². The first kappa shape index (κ1) is 17.4. The number of carbonyl (C=O) groups is 1. The van der Waals surface area contributed by atoms with E-state index in [0.717, 1.165) is 0 Å². The number of aromatic nitrogens is 4. The maximum Gasteiger partial charge on any atom is 0.262 e. The predicted octanol–water partition coefficient (Wildman–Crippen LogP) is 2.07. The van der Waals surface area contributed by atoms with Crippen LogP contribution in [0.4, 0.5) is 15.8 Å². The van der Waals surface area contributed by atoms with Gasteiger partial charge in [0, 0.05) is 20.0 Å². The number of benzene rings is 2. The second-order valence-corrected chi connectivity index (χ2v) is 7.01. The summed E-state index contributed by atoms with van der Waals surface area (Å²) in [5.74, 6) is 0.474. The highest BCUT2D eigenvalue weighted by atomic mass is 19.1. The summed E-state index contributed by atoms with van der Waals surface area (Å²) in [5.41, 5.74) is 1.72. The Morgan fingerprint density at radius 3 is 2.83 bits per heavy atom. The number of fused-ring (bicyclic) bond motifs is 4. The third kappa shape index (κ3) is 2.74. The number of hydrogen-bond acceptors (Lipinski definition) is 5. The summed E-state index contributed by atoms with van der Waals surface area (Å²) in [5, 5.41) is 11.8. The number of hydrogen-bond donors (Lipinski definition) is 1. The van der Waals surface area contributed by atoms with Gasteiger partial charge in [0.2, 0.25) is 11.7 Å². The average molecular weight is 392 g/mol. The Morgan fingerprint density at radius 2 is 1.97 bits per heavy atom. The summed E-state index contributed by atoms with van der Waals surface area (Å²) in [6, 6.07) is 11.6. The van der Waals surface area contributed by atoms with Gasteiger partial charge in [0.1, 0.15) is 5.82 Å². The molecule has 9 heteroatoms. The fourth-order valence-corrected chi connectivity index (χ4v) is 3.78. The number of anilines is 2. The summed E-state index contributed by atoms with van der Waals surface area (Å²) in [7, 11) is 1.66. The summed E-state index contributed by atoms with van der Waals surface area (Å²) >= 11 is 0. The van der Waals surface area contributed by atoms with Crippen LogP contribution in [-0.4, -0.2) is 31.6 Å². The number of nitrogens with one attached hydrogen (secondary N) is 1. The van der Waals surface area contributed by atoms with Crippen LogP contribution in [0, 0.1) is 5.82 Å². The molecule has 5 rings (SSSR count). The van der Waals surface area contributed by atoms with Crippen LogP contribution in [0.2, 0.25) is 0 Å². The van der Waals surface area contributed by atoms with E-state index in [2.05, 4.69) is 15.5 Å². The topological polar surface area (TPSA) is 84.5 Å². The largest absolute Gasteiger partial charge is 0.362 e. The zero-order chi connectivity index (χ0) is 20.1. The van der Waals surface area contributed by atoms with Crippen LogP contribution in [0.25, 0.3) is 16.7 Å². The minimum Gasteiger partial charge on any atom is -0.362 e. The van der Waals surface area contributed by atoms with Gasteiger partial charge in [-0.25, -0.2) is 4.39 Å². The van der Waals surface area contributed by atoms with E-state index in [1.54, 1.807) is 19.2 Å². The third-order valence-electron chi connectivity index (χ3n) is 5.21. The summed E-state index contributed by atoms with van der Waals surface area (Å²) in [6.07, 6.45) is 0.270. The Kier molecular flexibility index (Phi) is 3.83. The summed E-state index contributed by atoms with van der Waals surface area (Å²) in [6.45, 7) is 0.792. The molecule has 29 heavy (non-hydrogen) atoms. The first-order valence-electron chi connectivity index (χ1n) is 9.19. The van der Waals surface area contributed by atoms with Crippen LogP contribution in [0.5, 0.6) is 0 Å². The van der Waals surface area contributed by atoms with Crippen molar-refractivity contribution < 1.29 is 9.18 Å². The molecular formula is C20H17FN6O2. The molecule has 8 nitrogen and oxygen atoms in total. The van der Waals surface area contributed by atoms with E-state index >= 15 is 0 Å². The smallest absolute Gasteiger partial charge is 0.262 e. The van der Waals surface area contributed by atoms with E-state index in [-0.39, 0.29) is 17.9 Å². The molecule has 2 aromatic carbocycles. The van der Waals surface area contributed by atoms with Crippen LogP contribution in [0.1, 0.15) is 12.2 Å². The minimum atomic E-state index is -0.417. The molecule has 0 bridgehead atoms. The Hall–Kier alpha value is -3.75. The molecule has 0 radical (unpaired) electrons. The molecule has 0 fully saturated rings. The second kappa shape index (κ2) is 6.40. The van der Waals surface area contributed by atoms with Gasteiger partial charge in [0.05, 0.1) is 28.8 Å². The molecule has 1 aliphatic rings. The van der Waals surface area contributed by atoms with Crippen molar-refractivity contribution in [3.05, 3.63) is 64.5 Å². The van der Waals surface area contributed by atoms with Gasteiger partial charge in [-0.15, -0.1) is 10.2 Å². The number of halogens is 1. The minimum absolute atomic E-state index is 0.141. The number of carbonyl (C=O) groups excluding carboxylic acids is 1. The zero-order valence-corrected chi connectivity index (χ0v) is 15.6. The lowest BCUT2D eigenvalue weighted by Crippen LogP contribution is -2.26. The molecule has 0 saturated heterocycles. The van der Waals surface area contributed by atoms with Crippen LogP contribution in [0.15, 0.2) is 47.3 Å². The molecular weight excluding hydrogens is 375 g/mol. The quantitative estimate of drug-likeness (QED) is 0.565. The van der Waals surface area contributed by atoms with E-state index < -0.39 is 5.82 Å². The third-order valence-corrected chi connectivity index (χ3v) is 5.21. The number of para-hydroxylation sites is 1. The Bertz CT molecular complexity index is 1340. The Morgan fingerprint density at radius 1 is 1.14 bits per heavy atom. The van der Waals surface area contributed by atoms with Gasteiger partial charge in [0.15, 0.2) is 5.82 Å². The second-order valence-electron chi connectivity index (χ2n) is 7.01. The first-order chi connectivity index (χ1) is 14.0. The van der Waals surface area contributed by atoms with Crippen LogP contribution in [0.3, 0.4) is 0 Å². The van der Waals surface area contributed by atoms with E-state index in [0.29, 0.717) is 47.0 Å². The highest BCUT2D eigenvalue weighted by Crippen LogP contribution is 2.30. The van der Waals surface area contributed by atoms with E-state index in [1.165, 1.54) is 16.7 Å². The highest BCUT2D eigenvalue weighted by Gasteiger charge is 2.22. The molecule has 4 aromatic rings. The normalized spacial score (nSPS) is 14.1. The lowest BCUT2D eigenvalue weighted by Gasteiger charge is -2.23. The van der Waals surface area contributed by atoms with Crippen molar-refractivity contribution in [2.24, 2.45) is 7.05 Å².